The van der Waals surface area contributed by atoms with Crippen molar-refractivity contribution < 1.29 is 14.6 Å². The van der Waals surface area contributed by atoms with Gasteiger partial charge < -0.3 is 14.6 Å². The lowest BCUT2D eigenvalue weighted by molar-refractivity contribution is 0.0306. The van der Waals surface area contributed by atoms with E-state index in [2.05, 4.69) is 16.9 Å². The lowest BCUT2D eigenvalue weighted by atomic mass is 9.77. The molecule has 6 nitrogen and oxygen atoms in total. The summed E-state index contributed by atoms with van der Waals surface area (Å²) < 4.78 is 13.5. The highest BCUT2D eigenvalue weighted by atomic mass is 35.5. The molecule has 1 aliphatic heterocycles. The largest absolute Gasteiger partial charge is 0.493 e. The van der Waals surface area contributed by atoms with Crippen LogP contribution in [-0.4, -0.2) is 52.7 Å². The van der Waals surface area contributed by atoms with Crippen molar-refractivity contribution >= 4 is 11.6 Å². The summed E-state index contributed by atoms with van der Waals surface area (Å²) in [5, 5.41) is 15.7. The van der Waals surface area contributed by atoms with E-state index in [9.17, 15) is 5.11 Å². The Morgan fingerprint density at radius 2 is 2.03 bits per heavy atom. The Morgan fingerprint density at radius 1 is 1.24 bits per heavy atom. The van der Waals surface area contributed by atoms with Crippen molar-refractivity contribution in [3.05, 3.63) is 41.2 Å². The van der Waals surface area contributed by atoms with Crippen LogP contribution in [0.1, 0.15) is 37.8 Å². The van der Waals surface area contributed by atoms with Crippen LogP contribution in [0.4, 0.5) is 0 Å². The van der Waals surface area contributed by atoms with E-state index in [0.717, 1.165) is 50.2 Å². The third kappa shape index (κ3) is 4.39. The monoisotopic (exact) mass is 419 g/mol. The second-order valence-corrected chi connectivity index (χ2v) is 8.69. The first-order valence-electron chi connectivity index (χ1n) is 10.5. The van der Waals surface area contributed by atoms with Gasteiger partial charge in [-0.1, -0.05) is 18.5 Å². The average molecular weight is 420 g/mol. The number of hydrogen-bond acceptors (Lipinski definition) is 5. The molecule has 1 saturated carbocycles. The number of aliphatic hydroxyl groups excluding tert-OH is 1. The summed E-state index contributed by atoms with van der Waals surface area (Å²) in [5.74, 6) is 2.56. The fourth-order valence-corrected chi connectivity index (χ4v) is 5.13. The topological polar surface area (TPSA) is 59.8 Å². The average Bonchev–Trinajstić information content (AvgIpc) is 3.35. The van der Waals surface area contributed by atoms with E-state index in [-0.39, 0.29) is 12.1 Å². The van der Waals surface area contributed by atoms with Crippen LogP contribution < -0.4 is 9.47 Å². The number of aromatic nitrogens is 2. The van der Waals surface area contributed by atoms with E-state index in [4.69, 9.17) is 21.1 Å². The van der Waals surface area contributed by atoms with Gasteiger partial charge in [0, 0.05) is 48.7 Å². The van der Waals surface area contributed by atoms with Crippen LogP contribution in [0, 0.1) is 11.8 Å². The quantitative estimate of drug-likeness (QED) is 0.740. The van der Waals surface area contributed by atoms with Gasteiger partial charge in [0.2, 0.25) is 0 Å². The third-order valence-electron chi connectivity index (χ3n) is 6.21. The van der Waals surface area contributed by atoms with Gasteiger partial charge in [0.15, 0.2) is 11.5 Å². The van der Waals surface area contributed by atoms with Gasteiger partial charge in [-0.25, -0.2) is 0 Å². The standard InChI is InChI=1S/C22H30ClN3O3/c1-3-7-29-22-17(8-18(23)11-21(22)28-2)14-25-12-15-9-19(26-6-4-5-24-26)20(27)10-16(15)13-25/h4-6,8,11,15-16,19-20,27H,3,7,9-10,12-14H2,1-2H3/t15-,16+,19-,20-/m1/s1. The molecule has 1 aliphatic carbocycles. The highest BCUT2D eigenvalue weighted by Crippen LogP contribution is 2.42. The lowest BCUT2D eigenvalue weighted by Crippen LogP contribution is -2.36. The summed E-state index contributed by atoms with van der Waals surface area (Å²) in [7, 11) is 1.65. The minimum absolute atomic E-state index is 0.0703. The van der Waals surface area contributed by atoms with Crippen molar-refractivity contribution in [3.8, 4) is 11.5 Å². The summed E-state index contributed by atoms with van der Waals surface area (Å²) in [5.41, 5.74) is 1.06. The molecule has 1 N–H and O–H groups in total. The van der Waals surface area contributed by atoms with Gasteiger partial charge in [-0.15, -0.1) is 0 Å². The Labute approximate surface area is 177 Å². The fourth-order valence-electron chi connectivity index (χ4n) is 4.90. The molecule has 1 saturated heterocycles. The summed E-state index contributed by atoms with van der Waals surface area (Å²) >= 11 is 6.34. The van der Waals surface area contributed by atoms with E-state index in [1.807, 2.05) is 29.1 Å². The predicted molar refractivity (Wildman–Crippen MR) is 113 cm³/mol. The highest BCUT2D eigenvalue weighted by molar-refractivity contribution is 6.30. The van der Waals surface area contributed by atoms with Crippen molar-refractivity contribution in [2.24, 2.45) is 11.8 Å². The summed E-state index contributed by atoms with van der Waals surface area (Å²) in [6.07, 6.45) is 6.11. The molecule has 0 unspecified atom stereocenters. The van der Waals surface area contributed by atoms with Gasteiger partial charge in [-0.3, -0.25) is 9.58 Å². The van der Waals surface area contributed by atoms with E-state index in [1.165, 1.54) is 0 Å². The number of likely N-dealkylation sites (tertiary alicyclic amines) is 1. The Kier molecular flexibility index (Phi) is 6.32. The Morgan fingerprint density at radius 3 is 2.72 bits per heavy atom. The van der Waals surface area contributed by atoms with Crippen molar-refractivity contribution in [1.29, 1.82) is 0 Å². The first-order valence-corrected chi connectivity index (χ1v) is 10.9. The van der Waals surface area contributed by atoms with Crippen LogP contribution >= 0.6 is 11.6 Å². The molecule has 0 bridgehead atoms. The zero-order valence-corrected chi connectivity index (χ0v) is 17.9. The van der Waals surface area contributed by atoms with Gasteiger partial charge in [0.05, 0.1) is 25.9 Å². The minimum Gasteiger partial charge on any atom is -0.493 e. The summed E-state index contributed by atoms with van der Waals surface area (Å²) in [6.45, 7) is 5.50. The third-order valence-corrected chi connectivity index (χ3v) is 6.43. The van der Waals surface area contributed by atoms with Gasteiger partial charge in [0.1, 0.15) is 0 Å². The maximum Gasteiger partial charge on any atom is 0.165 e. The van der Waals surface area contributed by atoms with E-state index in [0.29, 0.717) is 29.2 Å². The predicted octanol–water partition coefficient (Wildman–Crippen LogP) is 3.78. The lowest BCUT2D eigenvalue weighted by Gasteiger charge is -2.35. The zero-order valence-electron chi connectivity index (χ0n) is 17.1. The minimum atomic E-state index is -0.342. The Bertz CT molecular complexity index is 814. The number of aliphatic hydroxyl groups is 1. The van der Waals surface area contributed by atoms with Gasteiger partial charge in [-0.05, 0) is 43.2 Å². The van der Waals surface area contributed by atoms with Crippen molar-refractivity contribution in [2.45, 2.75) is 44.9 Å². The molecular formula is C22H30ClN3O3. The maximum absolute atomic E-state index is 10.7. The van der Waals surface area contributed by atoms with Crippen LogP contribution in [0.5, 0.6) is 11.5 Å². The molecule has 0 amide bonds. The first kappa shape index (κ1) is 20.5. The molecule has 0 spiro atoms. The molecule has 2 aliphatic rings. The first-order chi connectivity index (χ1) is 14.1. The molecule has 2 fully saturated rings. The van der Waals surface area contributed by atoms with Crippen LogP contribution in [-0.2, 0) is 6.54 Å². The van der Waals surface area contributed by atoms with E-state index < -0.39 is 0 Å². The second kappa shape index (κ2) is 8.94. The molecule has 4 atom stereocenters. The molecular weight excluding hydrogens is 390 g/mol. The Balaban J connectivity index is 1.48. The number of nitrogens with zero attached hydrogens (tertiary/aromatic N) is 3. The fraction of sp³-hybridized carbons (Fsp3) is 0.591. The number of fused-ring (bicyclic) bond motifs is 1. The maximum atomic E-state index is 10.7. The van der Waals surface area contributed by atoms with E-state index >= 15 is 0 Å². The van der Waals surface area contributed by atoms with Crippen LogP contribution in [0.2, 0.25) is 5.02 Å². The number of ether oxygens (including phenoxy) is 2. The molecule has 7 heteroatoms. The number of hydrogen-bond donors (Lipinski definition) is 1. The summed E-state index contributed by atoms with van der Waals surface area (Å²) in [4.78, 5) is 2.46. The number of benzene rings is 1. The molecule has 0 radical (unpaired) electrons. The Hall–Kier alpha value is -1.76. The van der Waals surface area contributed by atoms with Crippen molar-refractivity contribution in [1.82, 2.24) is 14.7 Å². The molecule has 4 rings (SSSR count). The van der Waals surface area contributed by atoms with Crippen molar-refractivity contribution in [3.63, 3.8) is 0 Å². The van der Waals surface area contributed by atoms with Gasteiger partial charge in [-0.2, -0.15) is 5.10 Å². The second-order valence-electron chi connectivity index (χ2n) is 8.25. The van der Waals surface area contributed by atoms with Crippen molar-refractivity contribution in [2.75, 3.05) is 26.8 Å². The van der Waals surface area contributed by atoms with Gasteiger partial charge in [0.25, 0.3) is 0 Å². The van der Waals surface area contributed by atoms with Crippen LogP contribution in [0.3, 0.4) is 0 Å². The number of halogens is 1. The summed E-state index contributed by atoms with van der Waals surface area (Å²) in [6, 6.07) is 5.79. The normalized spacial score (nSPS) is 27.0. The molecule has 2 heterocycles. The number of rotatable bonds is 7. The van der Waals surface area contributed by atoms with Crippen LogP contribution in [0.15, 0.2) is 30.6 Å². The smallest absolute Gasteiger partial charge is 0.165 e. The highest BCUT2D eigenvalue weighted by Gasteiger charge is 2.42. The molecule has 1 aromatic carbocycles. The molecule has 158 valence electrons. The molecule has 2 aromatic rings. The SMILES string of the molecule is CCCOc1c(CN2C[C@H]3C[C@@H](n4cccn4)[C@H](O)C[C@H]3C2)cc(Cl)cc1OC. The zero-order chi connectivity index (χ0) is 20.4. The van der Waals surface area contributed by atoms with E-state index in [1.54, 1.807) is 13.3 Å². The molecule has 1 aromatic heterocycles. The van der Waals surface area contributed by atoms with Crippen LogP contribution in [0.25, 0.3) is 0 Å². The molecule has 29 heavy (non-hydrogen) atoms. The number of methoxy groups -OCH3 is 1. The van der Waals surface area contributed by atoms with Gasteiger partial charge >= 0.3 is 0 Å².